The summed E-state index contributed by atoms with van der Waals surface area (Å²) in [6.45, 7) is 7.51. The number of benzene rings is 1. The average molecular weight is 331 g/mol. The van der Waals surface area contributed by atoms with Crippen molar-refractivity contribution in [1.82, 2.24) is 10.6 Å². The zero-order chi connectivity index (χ0) is 15.7. The molecule has 1 atom stereocenters. The maximum absolute atomic E-state index is 11.8. The van der Waals surface area contributed by atoms with Gasteiger partial charge < -0.3 is 20.1 Å². The number of amides is 1. The van der Waals surface area contributed by atoms with Gasteiger partial charge in [0, 0.05) is 13.7 Å². The molecule has 1 aromatic carbocycles. The van der Waals surface area contributed by atoms with Gasteiger partial charge in [0.05, 0.1) is 25.3 Å². The van der Waals surface area contributed by atoms with Crippen LogP contribution in [0.25, 0.3) is 0 Å². The van der Waals surface area contributed by atoms with E-state index >= 15 is 0 Å². The van der Waals surface area contributed by atoms with Crippen molar-refractivity contribution in [1.29, 1.82) is 0 Å². The van der Waals surface area contributed by atoms with Crippen LogP contribution in [-0.4, -0.2) is 38.8 Å². The molecule has 0 saturated heterocycles. The molecule has 22 heavy (non-hydrogen) atoms. The second-order valence-corrected chi connectivity index (χ2v) is 5.19. The van der Waals surface area contributed by atoms with Crippen molar-refractivity contribution in [3.05, 3.63) is 29.8 Å². The quantitative estimate of drug-likeness (QED) is 0.682. The summed E-state index contributed by atoms with van der Waals surface area (Å²) in [6.07, 6.45) is 0.158. The zero-order valence-corrected chi connectivity index (χ0v) is 14.5. The number of rotatable bonds is 9. The van der Waals surface area contributed by atoms with Gasteiger partial charge in [0.1, 0.15) is 5.75 Å². The van der Waals surface area contributed by atoms with Gasteiger partial charge in [0.15, 0.2) is 0 Å². The third-order valence-corrected chi connectivity index (χ3v) is 2.90. The van der Waals surface area contributed by atoms with Gasteiger partial charge in [0.2, 0.25) is 5.91 Å². The van der Waals surface area contributed by atoms with Crippen LogP contribution in [0, 0.1) is 0 Å². The summed E-state index contributed by atoms with van der Waals surface area (Å²) in [5, 5.41) is 5.97. The Morgan fingerprint density at radius 3 is 2.36 bits per heavy atom. The van der Waals surface area contributed by atoms with Crippen LogP contribution in [0.4, 0.5) is 0 Å². The number of hydrogen-bond donors (Lipinski definition) is 2. The molecular weight excluding hydrogens is 304 g/mol. The van der Waals surface area contributed by atoms with Gasteiger partial charge in [-0.05, 0) is 38.5 Å². The molecule has 0 radical (unpaired) electrons. The Labute approximate surface area is 139 Å². The molecular formula is C16H27ClN2O3. The highest BCUT2D eigenvalue weighted by molar-refractivity contribution is 5.85. The summed E-state index contributed by atoms with van der Waals surface area (Å²) < 4.78 is 10.5. The fourth-order valence-electron chi connectivity index (χ4n) is 1.86. The standard InChI is InChI=1S/C16H26N2O3.ClH/c1-12(2)21-15-7-5-14(6-8-15)13(3)18-16(19)11-17-9-10-20-4;/h5-8,12-13,17H,9-11H2,1-4H3,(H,18,19);1H. The molecule has 5 nitrogen and oxygen atoms in total. The first-order valence-electron chi connectivity index (χ1n) is 7.28. The predicted octanol–water partition coefficient (Wildman–Crippen LogP) is 2.31. The monoisotopic (exact) mass is 330 g/mol. The van der Waals surface area contributed by atoms with Crippen molar-refractivity contribution >= 4 is 18.3 Å². The average Bonchev–Trinajstić information content (AvgIpc) is 2.43. The fraction of sp³-hybridized carbons (Fsp3) is 0.562. The minimum absolute atomic E-state index is 0. The molecule has 0 fully saturated rings. The SMILES string of the molecule is COCCNCC(=O)NC(C)c1ccc(OC(C)C)cc1.Cl. The maximum Gasteiger partial charge on any atom is 0.234 e. The second kappa shape index (κ2) is 11.3. The lowest BCUT2D eigenvalue weighted by atomic mass is 10.1. The highest BCUT2D eigenvalue weighted by atomic mass is 35.5. The maximum atomic E-state index is 11.8. The molecule has 0 aliphatic heterocycles. The molecule has 0 aromatic heterocycles. The minimum Gasteiger partial charge on any atom is -0.491 e. The van der Waals surface area contributed by atoms with Crippen LogP contribution in [0.3, 0.4) is 0 Å². The van der Waals surface area contributed by atoms with Gasteiger partial charge in [-0.1, -0.05) is 12.1 Å². The Bertz CT molecular complexity index is 424. The van der Waals surface area contributed by atoms with Crippen molar-refractivity contribution in [3.63, 3.8) is 0 Å². The van der Waals surface area contributed by atoms with E-state index in [0.29, 0.717) is 19.7 Å². The number of methoxy groups -OCH3 is 1. The van der Waals surface area contributed by atoms with E-state index in [0.717, 1.165) is 11.3 Å². The Hall–Kier alpha value is -1.30. The summed E-state index contributed by atoms with van der Waals surface area (Å²) in [5.74, 6) is 0.814. The molecule has 1 rings (SSSR count). The number of halogens is 1. The smallest absolute Gasteiger partial charge is 0.234 e. The van der Waals surface area contributed by atoms with E-state index in [-0.39, 0.29) is 30.5 Å². The van der Waals surface area contributed by atoms with Gasteiger partial charge in [-0.25, -0.2) is 0 Å². The number of carbonyl (C=O) groups excluding carboxylic acids is 1. The van der Waals surface area contributed by atoms with Crippen LogP contribution < -0.4 is 15.4 Å². The van der Waals surface area contributed by atoms with Crippen molar-refractivity contribution in [2.24, 2.45) is 0 Å². The first-order chi connectivity index (χ1) is 10.0. The Morgan fingerprint density at radius 2 is 1.82 bits per heavy atom. The predicted molar refractivity (Wildman–Crippen MR) is 90.8 cm³/mol. The summed E-state index contributed by atoms with van der Waals surface area (Å²) >= 11 is 0. The number of nitrogens with one attached hydrogen (secondary N) is 2. The van der Waals surface area contributed by atoms with E-state index in [4.69, 9.17) is 9.47 Å². The lowest BCUT2D eigenvalue weighted by Crippen LogP contribution is -2.36. The molecule has 1 aromatic rings. The van der Waals surface area contributed by atoms with Gasteiger partial charge in [-0.3, -0.25) is 4.79 Å². The Balaban J connectivity index is 0.00000441. The van der Waals surface area contributed by atoms with E-state index in [2.05, 4.69) is 10.6 Å². The summed E-state index contributed by atoms with van der Waals surface area (Å²) in [6, 6.07) is 7.76. The first kappa shape index (κ1) is 20.7. The highest BCUT2D eigenvalue weighted by Gasteiger charge is 2.09. The van der Waals surface area contributed by atoms with Crippen molar-refractivity contribution < 1.29 is 14.3 Å². The fourth-order valence-corrected chi connectivity index (χ4v) is 1.86. The molecule has 0 heterocycles. The largest absolute Gasteiger partial charge is 0.491 e. The van der Waals surface area contributed by atoms with Crippen LogP contribution >= 0.6 is 12.4 Å². The van der Waals surface area contributed by atoms with E-state index in [1.54, 1.807) is 7.11 Å². The van der Waals surface area contributed by atoms with Crippen LogP contribution in [-0.2, 0) is 9.53 Å². The molecule has 6 heteroatoms. The normalized spacial score (nSPS) is 11.7. The van der Waals surface area contributed by atoms with Gasteiger partial charge in [0.25, 0.3) is 0 Å². The molecule has 0 aliphatic carbocycles. The lowest BCUT2D eigenvalue weighted by Gasteiger charge is -2.16. The molecule has 0 aliphatic rings. The van der Waals surface area contributed by atoms with Gasteiger partial charge >= 0.3 is 0 Å². The van der Waals surface area contributed by atoms with Crippen LogP contribution in [0.5, 0.6) is 5.75 Å². The summed E-state index contributed by atoms with van der Waals surface area (Å²) in [4.78, 5) is 11.8. The Kier molecular flexibility index (Phi) is 10.6. The molecule has 1 unspecified atom stereocenters. The van der Waals surface area contributed by atoms with Crippen LogP contribution in [0.2, 0.25) is 0 Å². The van der Waals surface area contributed by atoms with E-state index in [1.807, 2.05) is 45.0 Å². The third kappa shape index (κ3) is 8.22. The molecule has 1 amide bonds. The minimum atomic E-state index is -0.0326. The topological polar surface area (TPSA) is 59.6 Å². The van der Waals surface area contributed by atoms with Crippen LogP contribution in [0.15, 0.2) is 24.3 Å². The second-order valence-electron chi connectivity index (χ2n) is 5.19. The molecule has 0 saturated carbocycles. The highest BCUT2D eigenvalue weighted by Crippen LogP contribution is 2.18. The summed E-state index contributed by atoms with van der Waals surface area (Å²) in [5.41, 5.74) is 1.05. The van der Waals surface area contributed by atoms with E-state index < -0.39 is 0 Å². The van der Waals surface area contributed by atoms with Crippen molar-refractivity contribution in [2.45, 2.75) is 32.9 Å². The molecule has 126 valence electrons. The molecule has 0 spiro atoms. The van der Waals surface area contributed by atoms with Crippen molar-refractivity contribution in [2.75, 3.05) is 26.8 Å². The molecule has 0 bridgehead atoms. The van der Waals surface area contributed by atoms with E-state index in [9.17, 15) is 4.79 Å². The number of ether oxygens (including phenoxy) is 2. The number of carbonyl (C=O) groups is 1. The van der Waals surface area contributed by atoms with Gasteiger partial charge in [-0.15, -0.1) is 12.4 Å². The van der Waals surface area contributed by atoms with Crippen LogP contribution in [0.1, 0.15) is 32.4 Å². The van der Waals surface area contributed by atoms with Crippen molar-refractivity contribution in [3.8, 4) is 5.75 Å². The number of hydrogen-bond acceptors (Lipinski definition) is 4. The first-order valence-corrected chi connectivity index (χ1v) is 7.28. The Morgan fingerprint density at radius 1 is 1.18 bits per heavy atom. The third-order valence-electron chi connectivity index (χ3n) is 2.90. The summed E-state index contributed by atoms with van der Waals surface area (Å²) in [7, 11) is 1.64. The lowest BCUT2D eigenvalue weighted by molar-refractivity contribution is -0.120. The van der Waals surface area contributed by atoms with Gasteiger partial charge in [-0.2, -0.15) is 0 Å². The molecule has 2 N–H and O–H groups in total. The van der Waals surface area contributed by atoms with E-state index in [1.165, 1.54) is 0 Å². The zero-order valence-electron chi connectivity index (χ0n) is 13.7.